The number of amides is 1. The zero-order valence-electron chi connectivity index (χ0n) is 12.2. The Labute approximate surface area is 110 Å². The summed E-state index contributed by atoms with van der Waals surface area (Å²) >= 11 is 0. The van der Waals surface area contributed by atoms with Crippen LogP contribution in [0.25, 0.3) is 0 Å². The maximum Gasteiger partial charge on any atom is 0.243 e. The van der Waals surface area contributed by atoms with Crippen LogP contribution < -0.4 is 0 Å². The van der Waals surface area contributed by atoms with E-state index in [1.54, 1.807) is 11.8 Å². The van der Waals surface area contributed by atoms with Gasteiger partial charge in [0.05, 0.1) is 0 Å². The number of hydroxylamine groups is 2. The molecule has 1 saturated carbocycles. The van der Waals surface area contributed by atoms with E-state index in [9.17, 15) is 10.0 Å². The van der Waals surface area contributed by atoms with Crippen LogP contribution in [0, 0.1) is 17.8 Å². The van der Waals surface area contributed by atoms with Gasteiger partial charge in [-0.1, -0.05) is 27.2 Å². The standard InChI is InChI=1S/C14H26N2O2/c1-9(2)12-7-6-10(3)8-14(12)15(5)13(17)11(4)16(14)18/h9-12,18H,6-8H2,1-5H3/t10?,11-,12?,14?/m0/s1. The molecule has 4 nitrogen and oxygen atoms in total. The molecule has 1 aliphatic carbocycles. The van der Waals surface area contributed by atoms with Crippen molar-refractivity contribution in [1.82, 2.24) is 9.96 Å². The molecule has 2 rings (SSSR count). The molecule has 1 spiro atoms. The molecule has 1 amide bonds. The third kappa shape index (κ3) is 1.69. The summed E-state index contributed by atoms with van der Waals surface area (Å²) in [4.78, 5) is 14.0. The number of nitrogens with zero attached hydrogens (tertiary/aromatic N) is 2. The van der Waals surface area contributed by atoms with Crippen LogP contribution >= 0.6 is 0 Å². The van der Waals surface area contributed by atoms with Crippen molar-refractivity contribution in [2.75, 3.05) is 7.05 Å². The summed E-state index contributed by atoms with van der Waals surface area (Å²) in [5.41, 5.74) is -0.484. The molecule has 1 heterocycles. The minimum absolute atomic E-state index is 0.0391. The van der Waals surface area contributed by atoms with E-state index in [0.717, 1.165) is 12.8 Å². The van der Waals surface area contributed by atoms with Crippen molar-refractivity contribution in [1.29, 1.82) is 0 Å². The third-order valence-electron chi connectivity index (χ3n) is 5.05. The Hall–Kier alpha value is -0.610. The van der Waals surface area contributed by atoms with E-state index < -0.39 is 11.7 Å². The summed E-state index contributed by atoms with van der Waals surface area (Å²) in [6.45, 7) is 8.40. The molecule has 104 valence electrons. The highest BCUT2D eigenvalue weighted by molar-refractivity contribution is 5.84. The fourth-order valence-electron chi connectivity index (χ4n) is 4.04. The van der Waals surface area contributed by atoms with Crippen molar-refractivity contribution in [3.05, 3.63) is 0 Å². The van der Waals surface area contributed by atoms with Crippen molar-refractivity contribution >= 4 is 5.91 Å². The van der Waals surface area contributed by atoms with Crippen LogP contribution in [0.1, 0.15) is 47.0 Å². The second-order valence-electron chi connectivity index (χ2n) is 6.53. The third-order valence-corrected chi connectivity index (χ3v) is 5.05. The van der Waals surface area contributed by atoms with E-state index in [2.05, 4.69) is 20.8 Å². The lowest BCUT2D eigenvalue weighted by Crippen LogP contribution is -2.61. The largest absolute Gasteiger partial charge is 0.323 e. The van der Waals surface area contributed by atoms with Gasteiger partial charge in [-0.15, -0.1) is 0 Å². The van der Waals surface area contributed by atoms with Gasteiger partial charge in [-0.05, 0) is 31.6 Å². The van der Waals surface area contributed by atoms with E-state index in [1.165, 1.54) is 11.5 Å². The van der Waals surface area contributed by atoms with Gasteiger partial charge >= 0.3 is 0 Å². The average molecular weight is 254 g/mol. The SMILES string of the molecule is CC1CCC(C(C)C)C2(C1)N(C)C(=O)[C@H](C)N2O. The minimum Gasteiger partial charge on any atom is -0.323 e. The Kier molecular flexibility index (Phi) is 3.45. The summed E-state index contributed by atoms with van der Waals surface area (Å²) in [5, 5.41) is 11.9. The fourth-order valence-corrected chi connectivity index (χ4v) is 4.04. The van der Waals surface area contributed by atoms with Crippen molar-refractivity contribution in [2.45, 2.75) is 58.7 Å². The highest BCUT2D eigenvalue weighted by Crippen LogP contribution is 2.49. The summed E-state index contributed by atoms with van der Waals surface area (Å²) in [7, 11) is 1.85. The lowest BCUT2D eigenvalue weighted by Gasteiger charge is -2.51. The molecule has 3 unspecified atom stereocenters. The Morgan fingerprint density at radius 3 is 2.39 bits per heavy atom. The molecule has 4 atom stereocenters. The number of hydrogen-bond acceptors (Lipinski definition) is 3. The molecule has 0 radical (unpaired) electrons. The molecule has 0 aromatic rings. The lowest BCUT2D eigenvalue weighted by molar-refractivity contribution is -0.240. The number of rotatable bonds is 1. The molecule has 18 heavy (non-hydrogen) atoms. The monoisotopic (exact) mass is 254 g/mol. The molecule has 0 aromatic heterocycles. The smallest absolute Gasteiger partial charge is 0.243 e. The van der Waals surface area contributed by atoms with Gasteiger partial charge in [-0.2, -0.15) is 5.06 Å². The Morgan fingerprint density at radius 2 is 1.94 bits per heavy atom. The van der Waals surface area contributed by atoms with Crippen molar-refractivity contribution < 1.29 is 10.0 Å². The quantitative estimate of drug-likeness (QED) is 0.781. The van der Waals surface area contributed by atoms with Gasteiger partial charge in [-0.3, -0.25) is 4.79 Å². The molecule has 2 fully saturated rings. The molecule has 0 bridgehead atoms. The van der Waals surface area contributed by atoms with Crippen LogP contribution in [0.5, 0.6) is 0 Å². The summed E-state index contributed by atoms with van der Waals surface area (Å²) < 4.78 is 0. The number of carbonyl (C=O) groups excluding carboxylic acids is 1. The second kappa shape index (κ2) is 4.49. The molecule has 1 saturated heterocycles. The Morgan fingerprint density at radius 1 is 1.33 bits per heavy atom. The van der Waals surface area contributed by atoms with Crippen LogP contribution in [-0.2, 0) is 4.79 Å². The van der Waals surface area contributed by atoms with Crippen LogP contribution in [-0.4, -0.2) is 39.8 Å². The fraction of sp³-hybridized carbons (Fsp3) is 0.929. The first kappa shape index (κ1) is 13.8. The molecule has 2 aliphatic rings. The van der Waals surface area contributed by atoms with Gasteiger partial charge in [0.2, 0.25) is 5.91 Å². The van der Waals surface area contributed by atoms with Crippen molar-refractivity contribution in [3.63, 3.8) is 0 Å². The first-order chi connectivity index (χ1) is 8.32. The number of likely N-dealkylation sites (N-methyl/N-ethyl adjacent to an activating group) is 1. The number of carbonyl (C=O) groups is 1. The zero-order valence-corrected chi connectivity index (χ0v) is 12.2. The predicted octanol–water partition coefficient (Wildman–Crippen LogP) is 2.33. The highest BCUT2D eigenvalue weighted by atomic mass is 16.5. The van der Waals surface area contributed by atoms with E-state index in [0.29, 0.717) is 17.8 Å². The van der Waals surface area contributed by atoms with Crippen molar-refractivity contribution in [3.8, 4) is 0 Å². The first-order valence-electron chi connectivity index (χ1n) is 7.08. The van der Waals surface area contributed by atoms with E-state index >= 15 is 0 Å². The maximum atomic E-state index is 12.2. The van der Waals surface area contributed by atoms with Crippen LogP contribution in [0.2, 0.25) is 0 Å². The summed E-state index contributed by atoms with van der Waals surface area (Å²) in [5.74, 6) is 1.40. The predicted molar refractivity (Wildman–Crippen MR) is 69.9 cm³/mol. The van der Waals surface area contributed by atoms with E-state index in [1.807, 2.05) is 7.05 Å². The van der Waals surface area contributed by atoms with Crippen LogP contribution in [0.3, 0.4) is 0 Å². The lowest BCUT2D eigenvalue weighted by atomic mass is 9.69. The zero-order chi connectivity index (χ0) is 13.7. The normalized spacial score (nSPS) is 42.3. The van der Waals surface area contributed by atoms with Gasteiger partial charge in [0.25, 0.3) is 0 Å². The molecular weight excluding hydrogens is 228 g/mol. The maximum absolute atomic E-state index is 12.2. The first-order valence-corrected chi connectivity index (χ1v) is 7.08. The Balaban J connectivity index is 2.43. The van der Waals surface area contributed by atoms with Crippen LogP contribution in [0.15, 0.2) is 0 Å². The molecule has 1 aliphatic heterocycles. The van der Waals surface area contributed by atoms with Crippen molar-refractivity contribution in [2.24, 2.45) is 17.8 Å². The summed E-state index contributed by atoms with van der Waals surface area (Å²) in [6.07, 6.45) is 3.15. The topological polar surface area (TPSA) is 43.8 Å². The van der Waals surface area contributed by atoms with Gasteiger partial charge in [0.1, 0.15) is 11.7 Å². The van der Waals surface area contributed by atoms with Gasteiger partial charge in [0, 0.05) is 13.0 Å². The van der Waals surface area contributed by atoms with Crippen LogP contribution in [0.4, 0.5) is 0 Å². The van der Waals surface area contributed by atoms with Gasteiger partial charge < -0.3 is 10.1 Å². The molecule has 4 heteroatoms. The molecular formula is C14H26N2O2. The highest BCUT2D eigenvalue weighted by Gasteiger charge is 2.59. The van der Waals surface area contributed by atoms with Gasteiger partial charge in [-0.25, -0.2) is 0 Å². The van der Waals surface area contributed by atoms with E-state index in [4.69, 9.17) is 0 Å². The minimum atomic E-state index is -0.484. The number of hydrogen-bond donors (Lipinski definition) is 1. The molecule has 1 N–H and O–H groups in total. The average Bonchev–Trinajstić information content (AvgIpc) is 2.46. The second-order valence-corrected chi connectivity index (χ2v) is 6.53. The summed E-state index contributed by atoms with van der Waals surface area (Å²) in [6, 6.07) is -0.415. The van der Waals surface area contributed by atoms with E-state index in [-0.39, 0.29) is 5.91 Å². The molecule has 0 aromatic carbocycles. The Bertz CT molecular complexity index is 345. The van der Waals surface area contributed by atoms with Gasteiger partial charge in [0.15, 0.2) is 0 Å².